The van der Waals surface area contributed by atoms with Crippen LogP contribution in [0.5, 0.6) is 5.75 Å². The smallest absolute Gasteiger partial charge is 0.196 e. The molecule has 1 aromatic rings. The second kappa shape index (κ2) is 10.1. The molecule has 1 fully saturated rings. The first-order chi connectivity index (χ1) is 10.9. The lowest BCUT2D eigenvalue weighted by Gasteiger charge is -2.17. The summed E-state index contributed by atoms with van der Waals surface area (Å²) in [6, 6.07) is 8.00. The number of hydrogen-bond acceptors (Lipinski definition) is 2. The molecule has 0 aliphatic carbocycles. The van der Waals surface area contributed by atoms with Crippen LogP contribution in [-0.2, 0) is 0 Å². The molecule has 0 amide bonds. The molecular weight excluding hydrogens is 274 g/mol. The largest absolute Gasteiger partial charge is 0.494 e. The molecule has 1 aromatic carbocycles. The third-order valence-electron chi connectivity index (χ3n) is 3.78. The normalized spacial score (nSPS) is 14.1. The van der Waals surface area contributed by atoms with Crippen LogP contribution in [-0.4, -0.2) is 25.7 Å². The van der Waals surface area contributed by atoms with E-state index in [9.17, 15) is 0 Å². The Balaban J connectivity index is 1.66. The number of nitrogens with zero attached hydrogens (tertiary/aromatic N) is 1. The van der Waals surface area contributed by atoms with Crippen molar-refractivity contribution in [3.05, 3.63) is 24.3 Å². The summed E-state index contributed by atoms with van der Waals surface area (Å²) in [4.78, 5) is 4.54. The molecule has 122 valence electrons. The van der Waals surface area contributed by atoms with Gasteiger partial charge in [-0.3, -0.25) is 0 Å². The molecule has 2 N–H and O–H groups in total. The van der Waals surface area contributed by atoms with E-state index >= 15 is 0 Å². The summed E-state index contributed by atoms with van der Waals surface area (Å²) in [6.45, 7) is 5.04. The number of ether oxygens (including phenoxy) is 1. The topological polar surface area (TPSA) is 45.6 Å². The van der Waals surface area contributed by atoms with Gasteiger partial charge >= 0.3 is 0 Å². The van der Waals surface area contributed by atoms with Gasteiger partial charge in [-0.2, -0.15) is 0 Å². The molecule has 0 aromatic heterocycles. The van der Waals surface area contributed by atoms with Gasteiger partial charge in [0.15, 0.2) is 5.96 Å². The highest BCUT2D eigenvalue weighted by atomic mass is 16.5. The highest BCUT2D eigenvalue weighted by Crippen LogP contribution is 2.18. The molecule has 0 atom stereocenters. The van der Waals surface area contributed by atoms with Crippen LogP contribution in [0.15, 0.2) is 29.3 Å². The first-order valence-corrected chi connectivity index (χ1v) is 8.68. The molecule has 0 radical (unpaired) electrons. The Bertz CT molecular complexity index is 434. The van der Waals surface area contributed by atoms with Gasteiger partial charge in [0.05, 0.1) is 12.3 Å². The summed E-state index contributed by atoms with van der Waals surface area (Å²) in [7, 11) is 0. The highest BCUT2D eigenvalue weighted by molar-refractivity contribution is 5.83. The third-order valence-corrected chi connectivity index (χ3v) is 3.78. The Kier molecular flexibility index (Phi) is 7.64. The van der Waals surface area contributed by atoms with E-state index in [1.54, 1.807) is 0 Å². The fourth-order valence-electron chi connectivity index (χ4n) is 2.46. The van der Waals surface area contributed by atoms with E-state index in [0.717, 1.165) is 49.9 Å². The molecular formula is C18H29N3O. The number of benzene rings is 1. The first kappa shape index (κ1) is 16.7. The van der Waals surface area contributed by atoms with E-state index in [4.69, 9.17) is 4.74 Å². The van der Waals surface area contributed by atoms with Crippen LogP contribution in [0.2, 0.25) is 0 Å². The molecule has 4 heteroatoms. The lowest BCUT2D eigenvalue weighted by molar-refractivity contribution is 0.304. The Morgan fingerprint density at radius 2 is 1.64 bits per heavy atom. The Morgan fingerprint density at radius 1 is 0.955 bits per heavy atom. The molecule has 1 aliphatic rings. The van der Waals surface area contributed by atoms with Crippen LogP contribution in [0.1, 0.15) is 51.9 Å². The van der Waals surface area contributed by atoms with Gasteiger partial charge in [0, 0.05) is 13.1 Å². The fourth-order valence-corrected chi connectivity index (χ4v) is 2.46. The summed E-state index contributed by atoms with van der Waals surface area (Å²) < 4.78 is 5.78. The van der Waals surface area contributed by atoms with Gasteiger partial charge < -0.3 is 15.4 Å². The maximum Gasteiger partial charge on any atom is 0.196 e. The molecule has 1 heterocycles. The summed E-state index contributed by atoms with van der Waals surface area (Å²) in [5.41, 5.74) is 0.948. The zero-order chi connectivity index (χ0) is 15.5. The van der Waals surface area contributed by atoms with Crippen LogP contribution >= 0.6 is 0 Å². The van der Waals surface area contributed by atoms with Crippen molar-refractivity contribution in [2.75, 3.05) is 19.7 Å². The van der Waals surface area contributed by atoms with Crippen molar-refractivity contribution in [3.8, 4) is 5.75 Å². The predicted octanol–water partition coefficient (Wildman–Crippen LogP) is 4.00. The maximum atomic E-state index is 5.78. The number of rotatable bonds is 9. The van der Waals surface area contributed by atoms with E-state index in [0.29, 0.717) is 0 Å². The van der Waals surface area contributed by atoms with Crippen molar-refractivity contribution in [1.29, 1.82) is 0 Å². The van der Waals surface area contributed by atoms with Gasteiger partial charge in [0.2, 0.25) is 0 Å². The van der Waals surface area contributed by atoms with Crippen LogP contribution in [0.3, 0.4) is 0 Å². The average molecular weight is 303 g/mol. The predicted molar refractivity (Wildman–Crippen MR) is 93.0 cm³/mol. The molecule has 22 heavy (non-hydrogen) atoms. The highest BCUT2D eigenvalue weighted by Gasteiger charge is 2.03. The quantitative estimate of drug-likeness (QED) is 0.678. The van der Waals surface area contributed by atoms with E-state index in [2.05, 4.69) is 22.5 Å². The fraction of sp³-hybridized carbons (Fsp3) is 0.611. The Hall–Kier alpha value is -1.71. The Labute approximate surface area is 134 Å². The van der Waals surface area contributed by atoms with Gasteiger partial charge in [0.1, 0.15) is 5.75 Å². The number of unbranched alkanes of at least 4 members (excludes halogenated alkanes) is 5. The minimum atomic E-state index is 0.809. The van der Waals surface area contributed by atoms with Gasteiger partial charge in [0.25, 0.3) is 0 Å². The van der Waals surface area contributed by atoms with Crippen LogP contribution in [0.25, 0.3) is 0 Å². The summed E-state index contributed by atoms with van der Waals surface area (Å²) in [5, 5.41) is 6.51. The monoisotopic (exact) mass is 303 g/mol. The van der Waals surface area contributed by atoms with Crippen molar-refractivity contribution < 1.29 is 4.74 Å². The molecule has 4 nitrogen and oxygen atoms in total. The standard InChI is InChI=1S/C18H29N3O/c1-2-3-4-5-6-7-15-22-17-11-9-16(10-12-17)21-18-19-13-8-14-20-18/h9-12H,2-8,13-15H2,1H3,(H2,19,20,21). The molecule has 0 bridgehead atoms. The SMILES string of the molecule is CCCCCCCCOc1ccc(N=C2NCCCN2)cc1. The van der Waals surface area contributed by atoms with Crippen molar-refractivity contribution in [3.63, 3.8) is 0 Å². The zero-order valence-corrected chi connectivity index (χ0v) is 13.7. The number of hydrogen-bond donors (Lipinski definition) is 2. The summed E-state index contributed by atoms with van der Waals surface area (Å²) in [5.74, 6) is 1.80. The van der Waals surface area contributed by atoms with Crippen LogP contribution in [0, 0.1) is 0 Å². The van der Waals surface area contributed by atoms with E-state index in [-0.39, 0.29) is 0 Å². The van der Waals surface area contributed by atoms with E-state index < -0.39 is 0 Å². The van der Waals surface area contributed by atoms with Crippen molar-refractivity contribution in [2.45, 2.75) is 51.9 Å². The second-order valence-corrected chi connectivity index (χ2v) is 5.78. The average Bonchev–Trinajstić information content (AvgIpc) is 2.56. The zero-order valence-electron chi connectivity index (χ0n) is 13.7. The summed E-state index contributed by atoms with van der Waals surface area (Å²) in [6.07, 6.45) is 8.89. The number of guanidine groups is 1. The second-order valence-electron chi connectivity index (χ2n) is 5.78. The first-order valence-electron chi connectivity index (χ1n) is 8.68. The number of aliphatic imine (C=N–C) groups is 1. The Morgan fingerprint density at radius 3 is 2.36 bits per heavy atom. The molecule has 0 spiro atoms. The molecule has 2 rings (SSSR count). The van der Waals surface area contributed by atoms with Crippen molar-refractivity contribution >= 4 is 11.6 Å². The van der Waals surface area contributed by atoms with Crippen LogP contribution in [0.4, 0.5) is 5.69 Å². The van der Waals surface area contributed by atoms with Gasteiger partial charge in [-0.25, -0.2) is 4.99 Å². The van der Waals surface area contributed by atoms with Crippen LogP contribution < -0.4 is 15.4 Å². The van der Waals surface area contributed by atoms with E-state index in [1.165, 1.54) is 32.1 Å². The lowest BCUT2D eigenvalue weighted by atomic mass is 10.1. The third kappa shape index (κ3) is 6.37. The van der Waals surface area contributed by atoms with E-state index in [1.807, 2.05) is 24.3 Å². The summed E-state index contributed by atoms with van der Waals surface area (Å²) >= 11 is 0. The van der Waals surface area contributed by atoms with Crippen molar-refractivity contribution in [1.82, 2.24) is 10.6 Å². The minimum absolute atomic E-state index is 0.809. The molecule has 1 saturated heterocycles. The van der Waals surface area contributed by atoms with Gasteiger partial charge in [-0.15, -0.1) is 0 Å². The van der Waals surface area contributed by atoms with Crippen molar-refractivity contribution in [2.24, 2.45) is 4.99 Å². The molecule has 0 saturated carbocycles. The molecule has 1 aliphatic heterocycles. The van der Waals surface area contributed by atoms with Gasteiger partial charge in [-0.1, -0.05) is 39.0 Å². The number of nitrogens with one attached hydrogen (secondary N) is 2. The molecule has 0 unspecified atom stereocenters. The van der Waals surface area contributed by atoms with Gasteiger partial charge in [-0.05, 0) is 37.1 Å². The minimum Gasteiger partial charge on any atom is -0.494 e. The lowest BCUT2D eigenvalue weighted by Crippen LogP contribution is -2.43. The maximum absolute atomic E-state index is 5.78.